The molecule has 0 aliphatic carbocycles. The zero-order chi connectivity index (χ0) is 13.7. The maximum absolute atomic E-state index is 12.2. The van der Waals surface area contributed by atoms with Crippen LogP contribution in [0.2, 0.25) is 0 Å². The molecule has 6 nitrogen and oxygen atoms in total. The smallest absolute Gasteiger partial charge is 0.423 e. The first-order valence-corrected chi connectivity index (χ1v) is 6.06. The van der Waals surface area contributed by atoms with Gasteiger partial charge in [-0.15, -0.1) is 0 Å². The fourth-order valence-corrected chi connectivity index (χ4v) is 2.29. The molecule has 2 heterocycles. The van der Waals surface area contributed by atoms with Gasteiger partial charge in [-0.25, -0.2) is 9.48 Å². The molecule has 0 saturated carbocycles. The average molecular weight is 264 g/mol. The number of rotatable bonds is 0. The highest BCUT2D eigenvalue weighted by atomic mass is 16.5. The first kappa shape index (κ1) is 10.9. The topological polar surface area (TPSA) is 76.9 Å². The SMILES string of the molecule is [O-][N+]1=c2ccccc2=N/C1=C1\N=c2ccccc2=[N+]1[O-]. The zero-order valence-electron chi connectivity index (χ0n) is 10.2. The Hall–Kier alpha value is -3.02. The first-order valence-electron chi connectivity index (χ1n) is 6.06. The molecule has 20 heavy (non-hydrogen) atoms. The van der Waals surface area contributed by atoms with Gasteiger partial charge in [-0.05, 0) is 34.3 Å². The third-order valence-electron chi connectivity index (χ3n) is 3.24. The van der Waals surface area contributed by atoms with Crippen LogP contribution in [0, 0.1) is 10.4 Å². The van der Waals surface area contributed by atoms with E-state index >= 15 is 0 Å². The van der Waals surface area contributed by atoms with Gasteiger partial charge in [0, 0.05) is 0 Å². The standard InChI is InChI=1S/C14H8N4O2/c19-17-11-7-3-1-5-9(11)15-13(17)14-16-10-6-2-4-8-12(10)18(14)20/h1-8H/b14-13-. The Balaban J connectivity index is 2.10. The molecule has 0 atom stereocenters. The fraction of sp³-hybridized carbons (Fsp3) is 0. The van der Waals surface area contributed by atoms with Crippen LogP contribution < -0.4 is 30.9 Å². The van der Waals surface area contributed by atoms with Gasteiger partial charge in [0.05, 0.1) is 0 Å². The number of hydrogen-bond acceptors (Lipinski definition) is 4. The molecule has 0 radical (unpaired) electrons. The summed E-state index contributed by atoms with van der Waals surface area (Å²) >= 11 is 0. The van der Waals surface area contributed by atoms with Crippen molar-refractivity contribution in [2.45, 2.75) is 0 Å². The minimum atomic E-state index is 0.0254. The van der Waals surface area contributed by atoms with Crippen molar-refractivity contribution < 1.29 is 0 Å². The molecule has 6 heteroatoms. The fourth-order valence-electron chi connectivity index (χ4n) is 2.29. The van der Waals surface area contributed by atoms with Crippen molar-refractivity contribution in [1.29, 1.82) is 0 Å². The molecule has 4 rings (SSSR count). The molecule has 2 aliphatic rings. The van der Waals surface area contributed by atoms with Gasteiger partial charge in [0.15, 0.2) is 10.7 Å². The lowest BCUT2D eigenvalue weighted by Gasteiger charge is -2.04. The van der Waals surface area contributed by atoms with Crippen LogP contribution in [0.25, 0.3) is 0 Å². The number of benzene rings is 2. The van der Waals surface area contributed by atoms with Crippen molar-refractivity contribution in [2.75, 3.05) is 0 Å². The highest BCUT2D eigenvalue weighted by Crippen LogP contribution is 2.08. The van der Waals surface area contributed by atoms with Crippen molar-refractivity contribution in [3.8, 4) is 0 Å². The summed E-state index contributed by atoms with van der Waals surface area (Å²) in [6.07, 6.45) is 0. The predicted octanol–water partition coefficient (Wildman–Crippen LogP) is -1.24. The molecular weight excluding hydrogens is 256 g/mol. The third kappa shape index (κ3) is 1.33. The second kappa shape index (κ2) is 3.74. The molecule has 0 amide bonds. The van der Waals surface area contributed by atoms with E-state index in [1.807, 2.05) is 0 Å². The summed E-state index contributed by atoms with van der Waals surface area (Å²) in [6.45, 7) is 0. The number of nitrogens with zero attached hydrogens (tertiary/aromatic N) is 4. The maximum Gasteiger partial charge on any atom is 0.423 e. The quantitative estimate of drug-likeness (QED) is 0.440. The molecule has 0 aromatic heterocycles. The highest BCUT2D eigenvalue weighted by Gasteiger charge is 2.31. The van der Waals surface area contributed by atoms with Crippen LogP contribution >= 0.6 is 0 Å². The van der Waals surface area contributed by atoms with E-state index in [0.717, 1.165) is 0 Å². The van der Waals surface area contributed by atoms with E-state index in [4.69, 9.17) is 0 Å². The average Bonchev–Trinajstić information content (AvgIpc) is 2.98. The van der Waals surface area contributed by atoms with Crippen LogP contribution in [-0.2, 0) is 0 Å². The second-order valence-corrected chi connectivity index (χ2v) is 4.44. The van der Waals surface area contributed by atoms with Crippen LogP contribution in [0.15, 0.2) is 70.2 Å². The van der Waals surface area contributed by atoms with Gasteiger partial charge in [0.1, 0.15) is 0 Å². The van der Waals surface area contributed by atoms with E-state index in [-0.39, 0.29) is 11.6 Å². The highest BCUT2D eigenvalue weighted by molar-refractivity contribution is 5.24. The number of para-hydroxylation sites is 4. The minimum absolute atomic E-state index is 0.0254. The lowest BCUT2D eigenvalue weighted by atomic mass is 10.3. The predicted molar refractivity (Wildman–Crippen MR) is 70.7 cm³/mol. The summed E-state index contributed by atoms with van der Waals surface area (Å²) < 4.78 is 1.29. The van der Waals surface area contributed by atoms with Crippen molar-refractivity contribution in [1.82, 2.24) is 9.48 Å². The molecule has 2 aromatic carbocycles. The molecule has 0 bridgehead atoms. The Kier molecular flexibility index (Phi) is 2.03. The lowest BCUT2D eigenvalue weighted by Crippen LogP contribution is -2.31. The Bertz CT molecular complexity index is 938. The summed E-state index contributed by atoms with van der Waals surface area (Å²) in [5.74, 6) is 0.0507. The van der Waals surface area contributed by atoms with E-state index in [1.54, 1.807) is 48.5 Å². The molecule has 0 spiro atoms. The number of fused-ring (bicyclic) bond motifs is 2. The molecule has 2 aromatic rings. The molecule has 2 aliphatic heterocycles. The van der Waals surface area contributed by atoms with Gasteiger partial charge in [-0.3, -0.25) is 0 Å². The van der Waals surface area contributed by atoms with E-state index in [9.17, 15) is 10.4 Å². The minimum Gasteiger partial charge on any atom is -0.710 e. The molecule has 96 valence electrons. The largest absolute Gasteiger partial charge is 0.710 e. The number of hydrogen-bond donors (Lipinski definition) is 0. The van der Waals surface area contributed by atoms with E-state index in [2.05, 4.69) is 9.98 Å². The maximum atomic E-state index is 12.2. The summed E-state index contributed by atoms with van der Waals surface area (Å²) in [4.78, 5) is 8.41. The van der Waals surface area contributed by atoms with Crippen molar-refractivity contribution in [3.05, 3.63) is 92.0 Å². The normalized spacial score (nSPS) is 19.4. The van der Waals surface area contributed by atoms with Crippen LogP contribution in [0.4, 0.5) is 0 Å². The van der Waals surface area contributed by atoms with Gasteiger partial charge in [0.2, 0.25) is 10.7 Å². The van der Waals surface area contributed by atoms with Crippen molar-refractivity contribution >= 4 is 0 Å². The molecular formula is C14H8N4O2. The van der Waals surface area contributed by atoms with E-state index in [0.29, 0.717) is 30.9 Å². The van der Waals surface area contributed by atoms with Crippen LogP contribution in [0.1, 0.15) is 0 Å². The second-order valence-electron chi connectivity index (χ2n) is 4.44. The molecule has 0 unspecified atom stereocenters. The molecule has 0 N–H and O–H groups in total. The van der Waals surface area contributed by atoms with Gasteiger partial charge in [0.25, 0.3) is 0 Å². The van der Waals surface area contributed by atoms with Gasteiger partial charge in [-0.2, -0.15) is 0 Å². The summed E-state index contributed by atoms with van der Waals surface area (Å²) in [7, 11) is 0. The summed E-state index contributed by atoms with van der Waals surface area (Å²) in [6, 6.07) is 13.9. The third-order valence-corrected chi connectivity index (χ3v) is 3.24. The Labute approximate surface area is 112 Å². The van der Waals surface area contributed by atoms with Gasteiger partial charge in [-0.1, -0.05) is 24.3 Å². The monoisotopic (exact) mass is 264 g/mol. The van der Waals surface area contributed by atoms with Gasteiger partial charge < -0.3 is 10.4 Å². The van der Waals surface area contributed by atoms with Crippen LogP contribution in [0.5, 0.6) is 0 Å². The zero-order valence-corrected chi connectivity index (χ0v) is 10.2. The Morgan fingerprint density at radius 2 is 1.05 bits per heavy atom. The van der Waals surface area contributed by atoms with Crippen LogP contribution in [-0.4, -0.2) is 0 Å². The Morgan fingerprint density at radius 1 is 0.650 bits per heavy atom. The first-order chi connectivity index (χ1) is 9.75. The molecule has 0 saturated heterocycles. The lowest BCUT2D eigenvalue weighted by molar-refractivity contribution is 0.791. The van der Waals surface area contributed by atoms with Crippen LogP contribution in [0.3, 0.4) is 0 Å². The summed E-state index contributed by atoms with van der Waals surface area (Å²) in [5, 5.41) is 26.4. The molecule has 0 fully saturated rings. The Morgan fingerprint density at radius 3 is 1.45 bits per heavy atom. The van der Waals surface area contributed by atoms with Gasteiger partial charge >= 0.3 is 11.6 Å². The van der Waals surface area contributed by atoms with E-state index in [1.165, 1.54) is 0 Å². The van der Waals surface area contributed by atoms with E-state index < -0.39 is 0 Å². The number of hydroxylamine groups is 2. The van der Waals surface area contributed by atoms with Crippen molar-refractivity contribution in [2.24, 2.45) is 9.98 Å². The summed E-state index contributed by atoms with van der Waals surface area (Å²) in [5.41, 5.74) is 0. The van der Waals surface area contributed by atoms with Crippen molar-refractivity contribution in [3.63, 3.8) is 0 Å².